The van der Waals surface area contributed by atoms with Gasteiger partial charge in [0.1, 0.15) is 12.4 Å². The normalized spacial score (nSPS) is 17.1. The van der Waals surface area contributed by atoms with Crippen LogP contribution >= 0.6 is 0 Å². The number of urea groups is 1. The molecule has 7 heteroatoms. The van der Waals surface area contributed by atoms with Gasteiger partial charge in [0.25, 0.3) is 0 Å². The van der Waals surface area contributed by atoms with Crippen LogP contribution in [-0.4, -0.2) is 69.0 Å². The molecule has 0 unspecified atom stereocenters. The standard InChI is InChI=1S/C15H22N2O4S/c1-13-5-3-4-6-14(13)21-10-7-16(2)15(18)17-8-11-22(19,20)12-9-17/h3-6H,7-12H2,1-2H3. The van der Waals surface area contributed by atoms with Gasteiger partial charge in [-0.1, -0.05) is 18.2 Å². The first-order valence-electron chi connectivity index (χ1n) is 7.28. The van der Waals surface area contributed by atoms with Crippen LogP contribution in [0.1, 0.15) is 5.56 Å². The molecule has 1 fully saturated rings. The zero-order valence-electron chi connectivity index (χ0n) is 13.0. The van der Waals surface area contributed by atoms with Gasteiger partial charge in [-0.05, 0) is 18.6 Å². The molecule has 6 nitrogen and oxygen atoms in total. The number of carbonyl (C=O) groups excluding carboxylic acids is 1. The molecule has 0 atom stereocenters. The van der Waals surface area contributed by atoms with Gasteiger partial charge in [0, 0.05) is 20.1 Å². The fraction of sp³-hybridized carbons (Fsp3) is 0.533. The quantitative estimate of drug-likeness (QED) is 0.833. The number of para-hydroxylation sites is 1. The Kier molecular flexibility index (Phi) is 5.28. The lowest BCUT2D eigenvalue weighted by molar-refractivity contribution is 0.157. The minimum Gasteiger partial charge on any atom is -0.491 e. The molecule has 1 aromatic rings. The van der Waals surface area contributed by atoms with E-state index in [4.69, 9.17) is 4.74 Å². The average molecular weight is 326 g/mol. The molecule has 0 aromatic heterocycles. The first kappa shape index (κ1) is 16.6. The Morgan fingerprint density at radius 2 is 1.91 bits per heavy atom. The third-order valence-electron chi connectivity index (χ3n) is 3.72. The summed E-state index contributed by atoms with van der Waals surface area (Å²) in [6, 6.07) is 7.57. The summed E-state index contributed by atoms with van der Waals surface area (Å²) in [6.45, 7) is 3.36. The third kappa shape index (κ3) is 4.37. The summed E-state index contributed by atoms with van der Waals surface area (Å²) in [5.74, 6) is 0.908. The van der Waals surface area contributed by atoms with Crippen molar-refractivity contribution in [3.8, 4) is 5.75 Å². The highest BCUT2D eigenvalue weighted by molar-refractivity contribution is 7.91. The van der Waals surface area contributed by atoms with E-state index in [0.29, 0.717) is 13.2 Å². The van der Waals surface area contributed by atoms with Gasteiger partial charge in [-0.25, -0.2) is 13.2 Å². The van der Waals surface area contributed by atoms with Crippen molar-refractivity contribution in [2.75, 3.05) is 44.8 Å². The number of amides is 2. The van der Waals surface area contributed by atoms with Gasteiger partial charge < -0.3 is 14.5 Å². The molecule has 0 aliphatic carbocycles. The maximum Gasteiger partial charge on any atom is 0.319 e. The summed E-state index contributed by atoms with van der Waals surface area (Å²) in [7, 11) is -1.27. The summed E-state index contributed by atoms with van der Waals surface area (Å²) in [5.41, 5.74) is 1.05. The van der Waals surface area contributed by atoms with Crippen molar-refractivity contribution < 1.29 is 17.9 Å². The van der Waals surface area contributed by atoms with Crippen molar-refractivity contribution in [2.45, 2.75) is 6.92 Å². The van der Waals surface area contributed by atoms with Crippen molar-refractivity contribution in [3.05, 3.63) is 29.8 Å². The van der Waals surface area contributed by atoms with E-state index >= 15 is 0 Å². The zero-order chi connectivity index (χ0) is 16.2. The van der Waals surface area contributed by atoms with Crippen LogP contribution in [0.15, 0.2) is 24.3 Å². The number of hydrogen-bond acceptors (Lipinski definition) is 4. The van der Waals surface area contributed by atoms with Crippen LogP contribution in [0.4, 0.5) is 4.79 Å². The van der Waals surface area contributed by atoms with Crippen molar-refractivity contribution in [3.63, 3.8) is 0 Å². The second-order valence-corrected chi connectivity index (χ2v) is 7.76. The molecular weight excluding hydrogens is 304 g/mol. The number of hydrogen-bond donors (Lipinski definition) is 0. The van der Waals surface area contributed by atoms with Crippen molar-refractivity contribution >= 4 is 15.9 Å². The van der Waals surface area contributed by atoms with Gasteiger partial charge in [-0.3, -0.25) is 0 Å². The second kappa shape index (κ2) is 7.00. The molecule has 0 spiro atoms. The summed E-state index contributed by atoms with van der Waals surface area (Å²) in [6.07, 6.45) is 0. The molecule has 0 radical (unpaired) electrons. The Hall–Kier alpha value is -1.76. The molecule has 1 aliphatic rings. The van der Waals surface area contributed by atoms with E-state index in [1.807, 2.05) is 31.2 Å². The van der Waals surface area contributed by atoms with E-state index in [9.17, 15) is 13.2 Å². The maximum absolute atomic E-state index is 12.2. The van der Waals surface area contributed by atoms with E-state index < -0.39 is 9.84 Å². The molecule has 122 valence electrons. The lowest BCUT2D eigenvalue weighted by atomic mass is 10.2. The van der Waals surface area contributed by atoms with E-state index in [2.05, 4.69) is 0 Å². The van der Waals surface area contributed by atoms with E-state index in [1.165, 1.54) is 0 Å². The number of nitrogens with zero attached hydrogens (tertiary/aromatic N) is 2. The molecule has 2 amide bonds. The van der Waals surface area contributed by atoms with Gasteiger partial charge in [-0.2, -0.15) is 0 Å². The Labute approximate surface area is 131 Å². The van der Waals surface area contributed by atoms with E-state index in [1.54, 1.807) is 16.8 Å². The topological polar surface area (TPSA) is 66.9 Å². The molecule has 0 bridgehead atoms. The van der Waals surface area contributed by atoms with Crippen LogP contribution in [0.2, 0.25) is 0 Å². The van der Waals surface area contributed by atoms with Crippen molar-refractivity contribution in [1.29, 1.82) is 0 Å². The molecule has 1 saturated heterocycles. The number of ether oxygens (including phenoxy) is 1. The smallest absolute Gasteiger partial charge is 0.319 e. The lowest BCUT2D eigenvalue weighted by Crippen LogP contribution is -2.49. The number of benzene rings is 1. The SMILES string of the molecule is Cc1ccccc1OCCN(C)C(=O)N1CCS(=O)(=O)CC1. The molecule has 2 rings (SSSR count). The molecule has 1 heterocycles. The third-order valence-corrected chi connectivity index (χ3v) is 5.33. The fourth-order valence-corrected chi connectivity index (χ4v) is 3.45. The maximum atomic E-state index is 12.2. The highest BCUT2D eigenvalue weighted by Gasteiger charge is 2.26. The number of sulfone groups is 1. The Morgan fingerprint density at radius 3 is 2.55 bits per heavy atom. The summed E-state index contributed by atoms with van der Waals surface area (Å²) in [5, 5.41) is 0. The molecule has 0 saturated carbocycles. The monoisotopic (exact) mass is 326 g/mol. The number of rotatable bonds is 4. The van der Waals surface area contributed by atoms with E-state index in [-0.39, 0.29) is 30.6 Å². The number of aryl methyl sites for hydroxylation is 1. The van der Waals surface area contributed by atoms with Crippen LogP contribution in [0.25, 0.3) is 0 Å². The van der Waals surface area contributed by atoms with Gasteiger partial charge >= 0.3 is 6.03 Å². The average Bonchev–Trinajstić information content (AvgIpc) is 2.48. The van der Waals surface area contributed by atoms with Crippen LogP contribution < -0.4 is 4.74 Å². The van der Waals surface area contributed by atoms with Crippen LogP contribution in [-0.2, 0) is 9.84 Å². The van der Waals surface area contributed by atoms with Gasteiger partial charge in [0.15, 0.2) is 9.84 Å². The number of likely N-dealkylation sites (N-methyl/N-ethyl adjacent to an activating group) is 1. The highest BCUT2D eigenvalue weighted by Crippen LogP contribution is 2.16. The van der Waals surface area contributed by atoms with Gasteiger partial charge in [-0.15, -0.1) is 0 Å². The Balaban J connectivity index is 1.79. The van der Waals surface area contributed by atoms with Crippen molar-refractivity contribution in [1.82, 2.24) is 9.80 Å². The summed E-state index contributed by atoms with van der Waals surface area (Å²) >= 11 is 0. The molecular formula is C15H22N2O4S. The first-order valence-corrected chi connectivity index (χ1v) is 9.10. The van der Waals surface area contributed by atoms with Crippen LogP contribution in [0.5, 0.6) is 5.75 Å². The Bertz CT molecular complexity index is 616. The predicted octanol–water partition coefficient (Wildman–Crippen LogP) is 1.16. The largest absolute Gasteiger partial charge is 0.491 e. The van der Waals surface area contributed by atoms with Crippen molar-refractivity contribution in [2.24, 2.45) is 0 Å². The zero-order valence-corrected chi connectivity index (χ0v) is 13.8. The summed E-state index contributed by atoms with van der Waals surface area (Å²) in [4.78, 5) is 15.4. The van der Waals surface area contributed by atoms with Gasteiger partial charge in [0.05, 0.1) is 18.1 Å². The number of carbonyl (C=O) groups is 1. The lowest BCUT2D eigenvalue weighted by Gasteiger charge is -2.30. The van der Waals surface area contributed by atoms with Crippen LogP contribution in [0.3, 0.4) is 0 Å². The molecule has 1 aromatic carbocycles. The fourth-order valence-electron chi connectivity index (χ4n) is 2.25. The molecule has 0 N–H and O–H groups in total. The first-order chi connectivity index (χ1) is 10.4. The van der Waals surface area contributed by atoms with Gasteiger partial charge in [0.2, 0.25) is 0 Å². The second-order valence-electron chi connectivity index (χ2n) is 5.46. The molecule has 22 heavy (non-hydrogen) atoms. The minimum atomic E-state index is -2.97. The predicted molar refractivity (Wildman–Crippen MR) is 84.9 cm³/mol. The van der Waals surface area contributed by atoms with Crippen LogP contribution in [0, 0.1) is 6.92 Å². The highest BCUT2D eigenvalue weighted by atomic mass is 32.2. The molecule has 1 aliphatic heterocycles. The Morgan fingerprint density at radius 1 is 1.27 bits per heavy atom. The summed E-state index contributed by atoms with van der Waals surface area (Å²) < 4.78 is 28.4. The van der Waals surface area contributed by atoms with E-state index in [0.717, 1.165) is 11.3 Å². The minimum absolute atomic E-state index is 0.0479.